The topological polar surface area (TPSA) is 182 Å². The highest BCUT2D eigenvalue weighted by molar-refractivity contribution is 6.17. The molecule has 0 aliphatic heterocycles. The fraction of sp³-hybridized carbons (Fsp3) is 0.412. The van der Waals surface area contributed by atoms with E-state index >= 15 is 0 Å². The zero-order chi connectivity index (χ0) is 48.5. The molecule has 0 saturated carbocycles. The summed E-state index contributed by atoms with van der Waals surface area (Å²) in [7, 11) is 0. The summed E-state index contributed by atoms with van der Waals surface area (Å²) in [6, 6.07) is 31.0. The Kier molecular flexibility index (Phi) is 23.3. The molecule has 15 heteroatoms. The molecular weight excluding hydrogens is 868 g/mol. The zero-order valence-corrected chi connectivity index (χ0v) is 39.6. The van der Waals surface area contributed by atoms with Crippen molar-refractivity contribution < 1.29 is 57.2 Å². The van der Waals surface area contributed by atoms with Crippen LogP contribution >= 0.6 is 11.6 Å². The first-order chi connectivity index (χ1) is 31.4. The molecule has 66 heavy (non-hydrogen) atoms. The summed E-state index contributed by atoms with van der Waals surface area (Å²) in [6.07, 6.45) is 1.22. The van der Waals surface area contributed by atoms with Gasteiger partial charge in [0.2, 0.25) is 0 Å². The van der Waals surface area contributed by atoms with Crippen molar-refractivity contribution in [3.05, 3.63) is 143 Å². The van der Waals surface area contributed by atoms with Crippen molar-refractivity contribution in [1.29, 1.82) is 0 Å². The summed E-state index contributed by atoms with van der Waals surface area (Å²) in [4.78, 5) is 72.8. The van der Waals surface area contributed by atoms with Gasteiger partial charge in [0, 0.05) is 0 Å². The van der Waals surface area contributed by atoms with Gasteiger partial charge in [-0.25, -0.2) is 28.8 Å². The van der Waals surface area contributed by atoms with Gasteiger partial charge in [0.25, 0.3) is 0 Å². The number of alkyl carbamates (subject to hydrolysis) is 2. The third kappa shape index (κ3) is 21.1. The fourth-order valence-electron chi connectivity index (χ4n) is 5.94. The van der Waals surface area contributed by atoms with E-state index < -0.39 is 47.8 Å². The number of esters is 4. The largest absolute Gasteiger partial charge is 0.464 e. The lowest BCUT2D eigenvalue weighted by Crippen LogP contribution is -2.45. The molecule has 0 aromatic heterocycles. The first-order valence-corrected chi connectivity index (χ1v) is 22.4. The Bertz CT molecular complexity index is 2110. The molecule has 0 aliphatic rings. The number of hydrogen-bond acceptors (Lipinski definition) is 12. The Morgan fingerprint density at radius 1 is 0.500 bits per heavy atom. The molecule has 356 valence electrons. The number of carbonyl (C=O) groups excluding carboxylic acids is 6. The monoisotopic (exact) mass is 930 g/mol. The number of alkyl halides is 1. The molecule has 2 atom stereocenters. The Labute approximate surface area is 393 Å². The molecule has 0 saturated heterocycles. The van der Waals surface area contributed by atoms with Gasteiger partial charge in [-0.15, -0.1) is 0 Å². The van der Waals surface area contributed by atoms with Crippen LogP contribution in [-0.2, 0) is 64.1 Å². The minimum Gasteiger partial charge on any atom is -0.464 e. The number of ether oxygens (including phenoxy) is 6. The second-order valence-electron chi connectivity index (χ2n) is 16.8. The van der Waals surface area contributed by atoms with E-state index in [4.69, 9.17) is 40.0 Å². The maximum atomic E-state index is 12.5. The fourth-order valence-corrected chi connectivity index (χ4v) is 6.04. The third-order valence-electron chi connectivity index (χ3n) is 9.49. The molecule has 14 nitrogen and oxygen atoms in total. The molecule has 0 bridgehead atoms. The Balaban J connectivity index is 0.000000351. The first kappa shape index (κ1) is 53.9. The summed E-state index contributed by atoms with van der Waals surface area (Å²) in [5, 5.41) is 5.18. The van der Waals surface area contributed by atoms with Gasteiger partial charge in [0.1, 0.15) is 30.9 Å². The lowest BCUT2D eigenvalue weighted by molar-refractivity contribution is -0.148. The minimum atomic E-state index is -0.800. The summed E-state index contributed by atoms with van der Waals surface area (Å²) in [5.74, 6) is -2.15. The predicted molar refractivity (Wildman–Crippen MR) is 250 cm³/mol. The van der Waals surface area contributed by atoms with Gasteiger partial charge in [-0.05, 0) is 105 Å². The van der Waals surface area contributed by atoms with Crippen LogP contribution in [0, 0.1) is 11.8 Å². The highest BCUT2D eigenvalue weighted by Gasteiger charge is 2.27. The number of hydrogen-bond donors (Lipinski definition) is 2. The molecular formula is C51H63ClN2O12. The Morgan fingerprint density at radius 2 is 0.879 bits per heavy atom. The predicted octanol–water partition coefficient (Wildman–Crippen LogP) is 9.54. The normalized spacial score (nSPS) is 11.8. The second-order valence-corrected chi connectivity index (χ2v) is 17.1. The van der Waals surface area contributed by atoms with E-state index in [1.807, 2.05) is 133 Å². The molecule has 0 aliphatic carbocycles. The molecule has 0 heterocycles. The number of amides is 2. The SMILES string of the molecule is CC(C)[C@H](NC(=O)OCc1ccccc1)C(=O)OCCCc1ccc(C(=O)OC(C)(C)C)cc1.CC(C)[C@H](NC(=O)OCc1ccccc1)C(=O)OCCCc1ccc(C(=O)OCCl)cc1. The van der Waals surface area contributed by atoms with Crippen molar-refractivity contribution in [3.63, 3.8) is 0 Å². The van der Waals surface area contributed by atoms with E-state index in [1.54, 1.807) is 24.3 Å². The van der Waals surface area contributed by atoms with Crippen LogP contribution in [0.2, 0.25) is 0 Å². The number of rotatable bonds is 21. The van der Waals surface area contributed by atoms with E-state index in [-0.39, 0.29) is 50.3 Å². The van der Waals surface area contributed by atoms with Crippen LogP contribution in [0.25, 0.3) is 0 Å². The molecule has 0 fully saturated rings. The van der Waals surface area contributed by atoms with Crippen LogP contribution in [0.1, 0.15) is 104 Å². The zero-order valence-electron chi connectivity index (χ0n) is 38.8. The Morgan fingerprint density at radius 3 is 1.23 bits per heavy atom. The lowest BCUT2D eigenvalue weighted by Gasteiger charge is -2.20. The standard InChI is InChI=1S/C27H35NO6.C24H28ClNO6/c1-19(2)23(28-26(31)33-18-21-10-7-6-8-11-21)25(30)32-17-9-12-20-13-15-22(16-14-20)24(29)34-27(3,4)5;1-17(2)21(26-24(29)31-15-19-7-4-3-5-8-19)23(28)30-14-6-9-18-10-12-20(13-11-18)22(27)32-16-25/h6-8,10-11,13-16,19,23H,9,12,17-18H2,1-5H3,(H,28,31);3-5,7-8,10-13,17,21H,6,9,14-16H2,1-2H3,(H,26,29)/t23-;21-/m00/s1. The van der Waals surface area contributed by atoms with Crippen LogP contribution in [-0.4, -0.2) is 73.0 Å². The van der Waals surface area contributed by atoms with Crippen LogP contribution < -0.4 is 10.6 Å². The summed E-state index contributed by atoms with van der Waals surface area (Å²) in [6.45, 7) is 13.4. The molecule has 4 rings (SSSR count). The highest BCUT2D eigenvalue weighted by atomic mass is 35.5. The van der Waals surface area contributed by atoms with E-state index in [1.165, 1.54) is 0 Å². The molecule has 0 spiro atoms. The Hall–Kier alpha value is -6.41. The molecule has 0 unspecified atom stereocenters. The number of benzene rings is 4. The van der Waals surface area contributed by atoms with Gasteiger partial charge >= 0.3 is 36.1 Å². The smallest absolute Gasteiger partial charge is 0.408 e. The second kappa shape index (κ2) is 28.5. The number of carbonyl (C=O) groups is 6. The van der Waals surface area contributed by atoms with Gasteiger partial charge < -0.3 is 39.1 Å². The van der Waals surface area contributed by atoms with E-state index in [0.717, 1.165) is 22.3 Å². The van der Waals surface area contributed by atoms with E-state index in [2.05, 4.69) is 10.6 Å². The van der Waals surface area contributed by atoms with Crippen molar-refractivity contribution in [2.24, 2.45) is 11.8 Å². The van der Waals surface area contributed by atoms with Crippen LogP contribution in [0.4, 0.5) is 9.59 Å². The molecule has 2 N–H and O–H groups in total. The molecule has 0 radical (unpaired) electrons. The molecule has 4 aromatic carbocycles. The maximum Gasteiger partial charge on any atom is 0.408 e. The average Bonchev–Trinajstić information content (AvgIpc) is 3.29. The van der Waals surface area contributed by atoms with Crippen molar-refractivity contribution >= 4 is 47.7 Å². The summed E-state index contributed by atoms with van der Waals surface area (Å²) >= 11 is 5.38. The number of halogens is 1. The highest BCUT2D eigenvalue weighted by Crippen LogP contribution is 2.15. The van der Waals surface area contributed by atoms with E-state index in [9.17, 15) is 28.8 Å². The van der Waals surface area contributed by atoms with Crippen LogP contribution in [0.5, 0.6) is 0 Å². The van der Waals surface area contributed by atoms with Crippen LogP contribution in [0.15, 0.2) is 109 Å². The van der Waals surface area contributed by atoms with Crippen molar-refractivity contribution in [2.45, 2.75) is 105 Å². The number of nitrogens with one attached hydrogen (secondary N) is 2. The van der Waals surface area contributed by atoms with Gasteiger partial charge in [-0.3, -0.25) is 0 Å². The van der Waals surface area contributed by atoms with Gasteiger partial charge in [0.15, 0.2) is 6.07 Å². The quantitative estimate of drug-likeness (QED) is 0.0350. The van der Waals surface area contributed by atoms with Gasteiger partial charge in [0.05, 0.1) is 24.3 Å². The average molecular weight is 932 g/mol. The van der Waals surface area contributed by atoms with Crippen molar-refractivity contribution in [1.82, 2.24) is 10.6 Å². The van der Waals surface area contributed by atoms with E-state index in [0.29, 0.717) is 36.8 Å². The van der Waals surface area contributed by atoms with Crippen molar-refractivity contribution in [2.75, 3.05) is 19.3 Å². The lowest BCUT2D eigenvalue weighted by atomic mass is 10.1. The molecule has 4 aromatic rings. The first-order valence-electron chi connectivity index (χ1n) is 21.9. The van der Waals surface area contributed by atoms with Crippen molar-refractivity contribution in [3.8, 4) is 0 Å². The maximum absolute atomic E-state index is 12.5. The minimum absolute atomic E-state index is 0.120. The molecule has 2 amide bonds. The van der Waals surface area contributed by atoms with Gasteiger partial charge in [-0.2, -0.15) is 0 Å². The number of aryl methyl sites for hydroxylation is 2. The van der Waals surface area contributed by atoms with Gasteiger partial charge in [-0.1, -0.05) is 124 Å². The summed E-state index contributed by atoms with van der Waals surface area (Å²) in [5.41, 5.74) is 4.11. The van der Waals surface area contributed by atoms with Crippen LogP contribution in [0.3, 0.4) is 0 Å². The third-order valence-corrected chi connectivity index (χ3v) is 9.59. The summed E-state index contributed by atoms with van der Waals surface area (Å²) < 4.78 is 31.2.